The first-order valence-corrected chi connectivity index (χ1v) is 7.54. The lowest BCUT2D eigenvalue weighted by Gasteiger charge is -2.38. The van der Waals surface area contributed by atoms with Gasteiger partial charge in [0, 0.05) is 13.0 Å². The number of hydrogen-bond acceptors (Lipinski definition) is 2. The second-order valence-corrected chi connectivity index (χ2v) is 6.68. The zero-order chi connectivity index (χ0) is 12.7. The minimum Gasteiger partial charge on any atom is -0.375 e. The molecule has 1 heterocycles. The Morgan fingerprint density at radius 3 is 2.78 bits per heavy atom. The Kier molecular flexibility index (Phi) is 3.35. The van der Waals surface area contributed by atoms with Crippen LogP contribution in [0.3, 0.4) is 0 Å². The highest BCUT2D eigenvalue weighted by Gasteiger charge is 2.41. The van der Waals surface area contributed by atoms with Crippen molar-refractivity contribution in [2.24, 2.45) is 17.8 Å². The van der Waals surface area contributed by atoms with E-state index >= 15 is 0 Å². The number of rotatable bonds is 2. The molecule has 1 saturated heterocycles. The average molecular weight is 251 g/mol. The third-order valence-corrected chi connectivity index (χ3v) is 5.25. The van der Waals surface area contributed by atoms with E-state index in [9.17, 15) is 4.79 Å². The first kappa shape index (κ1) is 12.5. The van der Waals surface area contributed by atoms with Crippen LogP contribution in [0, 0.1) is 17.8 Å². The smallest absolute Gasteiger partial charge is 0.223 e. The number of carbonyl (C=O) groups excluding carboxylic acids is 1. The van der Waals surface area contributed by atoms with Gasteiger partial charge in [0.05, 0.1) is 18.8 Å². The first-order chi connectivity index (χ1) is 8.63. The van der Waals surface area contributed by atoms with Crippen LogP contribution in [0.2, 0.25) is 0 Å². The van der Waals surface area contributed by atoms with Gasteiger partial charge in [0.25, 0.3) is 0 Å². The number of carbonyl (C=O) groups is 1. The van der Waals surface area contributed by atoms with Gasteiger partial charge in [-0.2, -0.15) is 0 Å². The Hall–Kier alpha value is -0.570. The molecule has 1 amide bonds. The van der Waals surface area contributed by atoms with Crippen LogP contribution < -0.4 is 0 Å². The number of amides is 1. The Labute approximate surface area is 110 Å². The van der Waals surface area contributed by atoms with Crippen molar-refractivity contribution in [1.82, 2.24) is 4.90 Å². The Bertz CT molecular complexity index is 330. The molecule has 0 spiro atoms. The van der Waals surface area contributed by atoms with Gasteiger partial charge < -0.3 is 9.64 Å². The summed E-state index contributed by atoms with van der Waals surface area (Å²) in [5.41, 5.74) is 0. The quantitative estimate of drug-likeness (QED) is 0.754. The molecule has 0 aromatic rings. The van der Waals surface area contributed by atoms with Crippen LogP contribution in [-0.4, -0.2) is 36.1 Å². The van der Waals surface area contributed by atoms with Crippen molar-refractivity contribution in [2.45, 2.75) is 58.1 Å². The number of nitrogens with zero attached hydrogens (tertiary/aromatic N) is 1. The lowest BCUT2D eigenvalue weighted by Crippen LogP contribution is -2.50. The highest BCUT2D eigenvalue weighted by atomic mass is 16.5. The maximum Gasteiger partial charge on any atom is 0.223 e. The van der Waals surface area contributed by atoms with Gasteiger partial charge in [0.1, 0.15) is 0 Å². The second-order valence-electron chi connectivity index (χ2n) is 6.68. The monoisotopic (exact) mass is 251 g/mol. The minimum absolute atomic E-state index is 0.199. The fourth-order valence-corrected chi connectivity index (χ4v) is 4.22. The van der Waals surface area contributed by atoms with Gasteiger partial charge in [-0.25, -0.2) is 0 Å². The summed E-state index contributed by atoms with van der Waals surface area (Å²) in [6.45, 7) is 5.64. The number of ether oxygens (including phenoxy) is 1. The largest absolute Gasteiger partial charge is 0.375 e. The van der Waals surface area contributed by atoms with E-state index in [0.717, 1.165) is 24.8 Å². The molecule has 0 N–H and O–H groups in total. The maximum atomic E-state index is 12.5. The van der Waals surface area contributed by atoms with E-state index in [4.69, 9.17) is 4.74 Å². The molecule has 3 nitrogen and oxygen atoms in total. The molecule has 18 heavy (non-hydrogen) atoms. The van der Waals surface area contributed by atoms with Gasteiger partial charge in [0.15, 0.2) is 0 Å². The fourth-order valence-electron chi connectivity index (χ4n) is 4.22. The van der Waals surface area contributed by atoms with E-state index in [1.807, 2.05) is 0 Å². The topological polar surface area (TPSA) is 29.5 Å². The first-order valence-electron chi connectivity index (χ1n) is 7.54. The van der Waals surface area contributed by atoms with Gasteiger partial charge in [-0.05, 0) is 50.9 Å². The maximum absolute atomic E-state index is 12.5. The summed E-state index contributed by atoms with van der Waals surface area (Å²) < 4.78 is 5.60. The summed E-state index contributed by atoms with van der Waals surface area (Å²) in [5, 5.41) is 0. The van der Waals surface area contributed by atoms with Crippen molar-refractivity contribution < 1.29 is 9.53 Å². The van der Waals surface area contributed by atoms with Crippen LogP contribution in [-0.2, 0) is 9.53 Å². The van der Waals surface area contributed by atoms with Crippen LogP contribution in [0.4, 0.5) is 0 Å². The lowest BCUT2D eigenvalue weighted by atomic mass is 9.86. The third-order valence-electron chi connectivity index (χ3n) is 5.25. The van der Waals surface area contributed by atoms with Crippen molar-refractivity contribution in [3.05, 3.63) is 0 Å². The van der Waals surface area contributed by atoms with Crippen LogP contribution >= 0.6 is 0 Å². The van der Waals surface area contributed by atoms with Crippen LogP contribution in [0.15, 0.2) is 0 Å². The molecule has 102 valence electrons. The van der Waals surface area contributed by atoms with Crippen LogP contribution in [0.1, 0.15) is 46.0 Å². The lowest BCUT2D eigenvalue weighted by molar-refractivity contribution is -0.144. The summed E-state index contributed by atoms with van der Waals surface area (Å²) in [5.74, 6) is 2.85. The van der Waals surface area contributed by atoms with E-state index in [2.05, 4.69) is 18.7 Å². The predicted octanol–water partition coefficient (Wildman–Crippen LogP) is 2.45. The molecule has 1 aliphatic heterocycles. The van der Waals surface area contributed by atoms with Crippen molar-refractivity contribution >= 4 is 5.91 Å². The summed E-state index contributed by atoms with van der Waals surface area (Å²) in [4.78, 5) is 14.5. The average Bonchev–Trinajstić information content (AvgIpc) is 2.94. The standard InChI is InChI=1S/C15H25NO2/c1-10-9-18-11(2)8-16(10)15(17)7-14-6-12-3-4-13(14)5-12/h10-14H,3-9H2,1-2H3/t10-,11-,12+,13+,14-/m1/s1. The minimum atomic E-state index is 0.199. The van der Waals surface area contributed by atoms with E-state index in [1.165, 1.54) is 25.7 Å². The van der Waals surface area contributed by atoms with Gasteiger partial charge in [-0.15, -0.1) is 0 Å². The van der Waals surface area contributed by atoms with Crippen LogP contribution in [0.5, 0.6) is 0 Å². The second kappa shape index (κ2) is 4.84. The SMILES string of the molecule is C[C@@H]1CN(C(=O)C[C@H]2C[C@H]3CC[C@H]2C3)[C@H](C)CO1. The summed E-state index contributed by atoms with van der Waals surface area (Å²) in [6.07, 6.45) is 6.48. The van der Waals surface area contributed by atoms with E-state index in [1.54, 1.807) is 0 Å². The molecule has 2 aliphatic carbocycles. The van der Waals surface area contributed by atoms with Gasteiger partial charge in [0.2, 0.25) is 5.91 Å². The van der Waals surface area contributed by atoms with Gasteiger partial charge >= 0.3 is 0 Å². The van der Waals surface area contributed by atoms with E-state index in [0.29, 0.717) is 18.4 Å². The third kappa shape index (κ3) is 2.29. The zero-order valence-electron chi connectivity index (χ0n) is 11.6. The van der Waals surface area contributed by atoms with Gasteiger partial charge in [-0.1, -0.05) is 6.42 Å². The number of hydrogen-bond donors (Lipinski definition) is 0. The number of fused-ring (bicyclic) bond motifs is 2. The molecule has 0 unspecified atom stereocenters. The van der Waals surface area contributed by atoms with Crippen molar-refractivity contribution in [3.63, 3.8) is 0 Å². The summed E-state index contributed by atoms with van der Waals surface area (Å²) in [6, 6.07) is 0.257. The molecule has 5 atom stereocenters. The molecule has 2 bridgehead atoms. The van der Waals surface area contributed by atoms with Crippen LogP contribution in [0.25, 0.3) is 0 Å². The fraction of sp³-hybridized carbons (Fsp3) is 0.933. The van der Waals surface area contributed by atoms with Gasteiger partial charge in [-0.3, -0.25) is 4.79 Å². The molecule has 2 saturated carbocycles. The summed E-state index contributed by atoms with van der Waals surface area (Å²) in [7, 11) is 0. The molecular formula is C15H25NO2. The van der Waals surface area contributed by atoms with Crippen molar-refractivity contribution in [2.75, 3.05) is 13.2 Å². The highest BCUT2D eigenvalue weighted by molar-refractivity contribution is 5.77. The molecular weight excluding hydrogens is 226 g/mol. The van der Waals surface area contributed by atoms with E-state index in [-0.39, 0.29) is 12.1 Å². The molecule has 0 aromatic heterocycles. The molecule has 0 aromatic carbocycles. The molecule has 0 radical (unpaired) electrons. The Balaban J connectivity index is 1.57. The Morgan fingerprint density at radius 1 is 1.28 bits per heavy atom. The molecule has 3 aliphatic rings. The molecule has 3 rings (SSSR count). The molecule has 3 fully saturated rings. The van der Waals surface area contributed by atoms with Crippen molar-refractivity contribution in [3.8, 4) is 0 Å². The normalized spacial score (nSPS) is 43.4. The predicted molar refractivity (Wildman–Crippen MR) is 70.1 cm³/mol. The van der Waals surface area contributed by atoms with Crippen molar-refractivity contribution in [1.29, 1.82) is 0 Å². The summed E-state index contributed by atoms with van der Waals surface area (Å²) >= 11 is 0. The Morgan fingerprint density at radius 2 is 2.11 bits per heavy atom. The highest BCUT2D eigenvalue weighted by Crippen LogP contribution is 2.49. The van der Waals surface area contributed by atoms with E-state index < -0.39 is 0 Å². The number of morpholine rings is 1. The zero-order valence-corrected chi connectivity index (χ0v) is 11.6. The molecule has 3 heteroatoms.